The number of nitrogens with two attached hydrogens (primary N) is 1. The molecule has 1 aromatic heterocycles. The number of nitrogens with zero attached hydrogens (tertiary/aromatic N) is 1. The lowest BCUT2D eigenvalue weighted by Gasteiger charge is -2.08. The third-order valence-electron chi connectivity index (χ3n) is 2.93. The third kappa shape index (κ3) is 2.87. The fourth-order valence-electron chi connectivity index (χ4n) is 1.95. The van der Waals surface area contributed by atoms with E-state index in [9.17, 15) is 4.79 Å². The molecule has 3 N–H and O–H groups in total. The third-order valence-corrected chi connectivity index (χ3v) is 3.58. The zero-order valence-corrected chi connectivity index (χ0v) is 12.5. The van der Waals surface area contributed by atoms with E-state index < -0.39 is 0 Å². The number of rotatable bonds is 3. The summed E-state index contributed by atoms with van der Waals surface area (Å²) in [7, 11) is 0. The minimum Gasteiger partial charge on any atom is -0.383 e. The van der Waals surface area contributed by atoms with Gasteiger partial charge in [0.25, 0.3) is 5.56 Å². The van der Waals surface area contributed by atoms with E-state index in [1.54, 1.807) is 0 Å². The van der Waals surface area contributed by atoms with Gasteiger partial charge >= 0.3 is 0 Å². The van der Waals surface area contributed by atoms with Gasteiger partial charge in [0.1, 0.15) is 11.6 Å². The molecule has 19 heavy (non-hydrogen) atoms. The van der Waals surface area contributed by atoms with Gasteiger partial charge in [0.05, 0.1) is 5.56 Å². The Morgan fingerprint density at radius 1 is 1.42 bits per heavy atom. The number of nitrogens with one attached hydrogen (secondary N) is 1. The molecule has 5 heteroatoms. The average molecular weight is 322 g/mol. The minimum atomic E-state index is -0.156. The second-order valence-electron chi connectivity index (χ2n) is 4.51. The number of hydrogen-bond donors (Lipinski definition) is 2. The Kier molecular flexibility index (Phi) is 4.04. The number of aromatic amines is 1. The summed E-state index contributed by atoms with van der Waals surface area (Å²) in [5.41, 5.74) is 8.25. The van der Waals surface area contributed by atoms with E-state index in [1.165, 1.54) is 0 Å². The van der Waals surface area contributed by atoms with Gasteiger partial charge in [-0.05, 0) is 31.0 Å². The molecule has 0 saturated heterocycles. The molecule has 2 rings (SSSR count). The normalized spacial score (nSPS) is 10.7. The number of benzene rings is 1. The average Bonchev–Trinajstić information content (AvgIpc) is 2.33. The van der Waals surface area contributed by atoms with Gasteiger partial charge in [0.2, 0.25) is 0 Å². The first-order chi connectivity index (χ1) is 9.02. The number of anilines is 1. The minimum absolute atomic E-state index is 0.156. The van der Waals surface area contributed by atoms with Crippen LogP contribution in [-0.4, -0.2) is 9.97 Å². The predicted molar refractivity (Wildman–Crippen MR) is 81.1 cm³/mol. The summed E-state index contributed by atoms with van der Waals surface area (Å²) in [6.07, 6.45) is 1.51. The van der Waals surface area contributed by atoms with Gasteiger partial charge in [-0.3, -0.25) is 4.79 Å². The molecule has 0 atom stereocenters. The molecule has 2 aromatic rings. The van der Waals surface area contributed by atoms with Crippen LogP contribution in [0.3, 0.4) is 0 Å². The molecule has 100 valence electrons. The van der Waals surface area contributed by atoms with Crippen LogP contribution < -0.4 is 11.3 Å². The molecule has 0 unspecified atom stereocenters. The monoisotopic (exact) mass is 321 g/mol. The van der Waals surface area contributed by atoms with Gasteiger partial charge in [0, 0.05) is 10.0 Å². The highest BCUT2D eigenvalue weighted by molar-refractivity contribution is 9.10. The highest BCUT2D eigenvalue weighted by Crippen LogP contribution is 2.26. The number of hydrogen-bond acceptors (Lipinski definition) is 3. The Bertz CT molecular complexity index is 664. The summed E-state index contributed by atoms with van der Waals surface area (Å²) in [5, 5.41) is 0. The smallest absolute Gasteiger partial charge is 0.256 e. The highest BCUT2D eigenvalue weighted by Gasteiger charge is 2.11. The molecule has 1 heterocycles. The lowest BCUT2D eigenvalue weighted by molar-refractivity contribution is 0.892. The fourth-order valence-corrected chi connectivity index (χ4v) is 2.63. The van der Waals surface area contributed by atoms with Gasteiger partial charge in [-0.25, -0.2) is 4.98 Å². The summed E-state index contributed by atoms with van der Waals surface area (Å²) >= 11 is 3.48. The molecular formula is C14H16BrN3O. The van der Waals surface area contributed by atoms with Crippen molar-refractivity contribution >= 4 is 21.7 Å². The molecule has 4 nitrogen and oxygen atoms in total. The molecule has 0 aliphatic carbocycles. The van der Waals surface area contributed by atoms with Crippen LogP contribution >= 0.6 is 15.9 Å². The second kappa shape index (κ2) is 5.57. The maximum absolute atomic E-state index is 12.0. The van der Waals surface area contributed by atoms with Crippen molar-refractivity contribution in [2.45, 2.75) is 26.7 Å². The Morgan fingerprint density at radius 2 is 2.16 bits per heavy atom. The first kappa shape index (κ1) is 13.8. The van der Waals surface area contributed by atoms with Crippen molar-refractivity contribution in [3.8, 4) is 11.4 Å². The van der Waals surface area contributed by atoms with Crippen molar-refractivity contribution in [3.63, 3.8) is 0 Å². The van der Waals surface area contributed by atoms with Gasteiger partial charge < -0.3 is 10.7 Å². The van der Waals surface area contributed by atoms with Crippen LogP contribution in [0.25, 0.3) is 11.4 Å². The Morgan fingerprint density at radius 3 is 2.74 bits per heavy atom. The van der Waals surface area contributed by atoms with Crippen LogP contribution in [0.2, 0.25) is 0 Å². The van der Waals surface area contributed by atoms with E-state index in [0.29, 0.717) is 23.6 Å². The summed E-state index contributed by atoms with van der Waals surface area (Å²) < 4.78 is 0.887. The van der Waals surface area contributed by atoms with Crippen molar-refractivity contribution < 1.29 is 0 Å². The number of nitrogen functional groups attached to an aromatic ring is 1. The zero-order valence-electron chi connectivity index (χ0n) is 11.0. The van der Waals surface area contributed by atoms with E-state index >= 15 is 0 Å². The second-order valence-corrected chi connectivity index (χ2v) is 5.37. The number of aromatic nitrogens is 2. The number of H-pyrrole nitrogens is 1. The Labute approximate surface area is 120 Å². The molecule has 0 radical (unpaired) electrons. The largest absolute Gasteiger partial charge is 0.383 e. The van der Waals surface area contributed by atoms with Crippen molar-refractivity contribution in [2.24, 2.45) is 0 Å². The molecule has 0 spiro atoms. The molecular weight excluding hydrogens is 306 g/mol. The summed E-state index contributed by atoms with van der Waals surface area (Å²) in [6, 6.07) is 5.86. The summed E-state index contributed by atoms with van der Waals surface area (Å²) in [6.45, 7) is 4.01. The standard InChI is InChI=1S/C14H16BrN3O/c1-3-4-10-12(16)17-13(18-14(10)19)9-6-5-8(2)7-11(9)15/h5-7H,3-4H2,1-2H3,(H3,16,17,18,19). The summed E-state index contributed by atoms with van der Waals surface area (Å²) in [4.78, 5) is 19.1. The van der Waals surface area contributed by atoms with E-state index in [1.807, 2.05) is 32.0 Å². The van der Waals surface area contributed by atoms with E-state index in [4.69, 9.17) is 5.73 Å². The molecule has 0 saturated carbocycles. The Hall–Kier alpha value is -1.62. The van der Waals surface area contributed by atoms with Crippen LogP contribution in [0.1, 0.15) is 24.5 Å². The van der Waals surface area contributed by atoms with Gasteiger partial charge in [-0.2, -0.15) is 0 Å². The maximum Gasteiger partial charge on any atom is 0.256 e. The van der Waals surface area contributed by atoms with E-state index in [-0.39, 0.29) is 5.56 Å². The number of halogens is 1. The van der Waals surface area contributed by atoms with Crippen molar-refractivity contribution in [2.75, 3.05) is 5.73 Å². The molecule has 1 aromatic carbocycles. The van der Waals surface area contributed by atoms with Crippen LogP contribution in [0.4, 0.5) is 5.82 Å². The zero-order chi connectivity index (χ0) is 14.0. The molecule has 0 fully saturated rings. The molecule has 0 amide bonds. The lowest BCUT2D eigenvalue weighted by atomic mass is 10.1. The molecule has 0 bridgehead atoms. The Balaban J connectivity index is 2.55. The topological polar surface area (TPSA) is 71.8 Å². The quantitative estimate of drug-likeness (QED) is 0.912. The lowest BCUT2D eigenvalue weighted by Crippen LogP contribution is -2.18. The fraction of sp³-hybridized carbons (Fsp3) is 0.286. The van der Waals surface area contributed by atoms with Crippen LogP contribution in [-0.2, 0) is 6.42 Å². The first-order valence-electron chi connectivity index (χ1n) is 6.18. The van der Waals surface area contributed by atoms with Crippen LogP contribution in [0, 0.1) is 6.92 Å². The SMILES string of the molecule is CCCc1c(N)nc(-c2ccc(C)cc2Br)[nH]c1=O. The van der Waals surface area contributed by atoms with Crippen LogP contribution in [0.15, 0.2) is 27.5 Å². The number of aryl methyl sites for hydroxylation is 1. The van der Waals surface area contributed by atoms with Gasteiger partial charge in [0.15, 0.2) is 0 Å². The first-order valence-corrected chi connectivity index (χ1v) is 6.97. The predicted octanol–water partition coefficient (Wildman–Crippen LogP) is 3.04. The van der Waals surface area contributed by atoms with Gasteiger partial charge in [-0.15, -0.1) is 0 Å². The van der Waals surface area contributed by atoms with Crippen LogP contribution in [0.5, 0.6) is 0 Å². The summed E-state index contributed by atoms with van der Waals surface area (Å²) in [5.74, 6) is 0.808. The molecule has 0 aliphatic heterocycles. The highest BCUT2D eigenvalue weighted by atomic mass is 79.9. The van der Waals surface area contributed by atoms with Crippen molar-refractivity contribution in [3.05, 3.63) is 44.2 Å². The van der Waals surface area contributed by atoms with Crippen molar-refractivity contribution in [1.82, 2.24) is 9.97 Å². The van der Waals surface area contributed by atoms with E-state index in [0.717, 1.165) is 22.0 Å². The van der Waals surface area contributed by atoms with E-state index in [2.05, 4.69) is 25.9 Å². The van der Waals surface area contributed by atoms with Crippen molar-refractivity contribution in [1.29, 1.82) is 0 Å². The maximum atomic E-state index is 12.0. The molecule has 0 aliphatic rings. The van der Waals surface area contributed by atoms with Gasteiger partial charge in [-0.1, -0.05) is 35.3 Å².